The number of esters is 2. The number of nitrogens with one attached hydrogen (secondary N) is 1. The predicted octanol–water partition coefficient (Wildman–Crippen LogP) is 2.85. The topological polar surface area (TPSA) is 94.4 Å². The Kier molecular flexibility index (Phi) is 4.88. The molecule has 2 heterocycles. The fraction of sp³-hybridized carbons (Fsp3) is 0.438. The van der Waals surface area contributed by atoms with Crippen molar-refractivity contribution in [2.45, 2.75) is 47.3 Å². The maximum absolute atomic E-state index is 12.2. The highest BCUT2D eigenvalue weighted by Crippen LogP contribution is 2.20. The number of nitrogens with zero attached hydrogens (tertiary/aromatic N) is 1. The molecule has 2 rings (SSSR count). The normalized spacial score (nSPS) is 10.9. The van der Waals surface area contributed by atoms with E-state index in [0.717, 1.165) is 0 Å². The van der Waals surface area contributed by atoms with Gasteiger partial charge in [0.2, 0.25) is 0 Å². The third kappa shape index (κ3) is 3.80. The summed E-state index contributed by atoms with van der Waals surface area (Å²) in [5.74, 6) is -0.381. The van der Waals surface area contributed by atoms with Crippen molar-refractivity contribution >= 4 is 11.9 Å². The molecule has 0 fully saturated rings. The van der Waals surface area contributed by atoms with Crippen LogP contribution in [-0.4, -0.2) is 28.2 Å². The van der Waals surface area contributed by atoms with E-state index in [1.54, 1.807) is 40.7 Å². The molecule has 0 aliphatic carbocycles. The molecule has 0 aliphatic rings. The molecule has 0 saturated heterocycles. The summed E-state index contributed by atoms with van der Waals surface area (Å²) in [7, 11) is 0. The van der Waals surface area contributed by atoms with Crippen LogP contribution in [0, 0.1) is 20.8 Å². The molecule has 0 aliphatic heterocycles. The van der Waals surface area contributed by atoms with Gasteiger partial charge in [-0.25, -0.2) is 9.59 Å². The Balaban J connectivity index is 2.13. The first-order valence-electron chi connectivity index (χ1n) is 7.29. The van der Waals surface area contributed by atoms with E-state index >= 15 is 0 Å². The summed E-state index contributed by atoms with van der Waals surface area (Å²) in [4.78, 5) is 27.2. The second-order valence-corrected chi connectivity index (χ2v) is 5.58. The van der Waals surface area contributed by atoms with Crippen LogP contribution in [0.25, 0.3) is 0 Å². The lowest BCUT2D eigenvalue weighted by atomic mass is 10.1. The third-order valence-corrected chi connectivity index (χ3v) is 3.22. The van der Waals surface area contributed by atoms with Gasteiger partial charge in [0.15, 0.2) is 0 Å². The highest BCUT2D eigenvalue weighted by Gasteiger charge is 2.24. The standard InChI is InChI=1S/C16H20N2O5/c1-8(2)22-15(19)13-10(4)14(17-11(13)5)16(20)21-7-12-6-9(3)23-18-12/h6,8,17H,7H2,1-5H3. The van der Waals surface area contributed by atoms with Gasteiger partial charge in [-0.2, -0.15) is 0 Å². The zero-order chi connectivity index (χ0) is 17.1. The summed E-state index contributed by atoms with van der Waals surface area (Å²) in [6.07, 6.45) is -0.234. The van der Waals surface area contributed by atoms with Gasteiger partial charge in [-0.15, -0.1) is 0 Å². The Morgan fingerprint density at radius 1 is 1.26 bits per heavy atom. The number of carbonyl (C=O) groups is 2. The Hall–Kier alpha value is -2.57. The minimum atomic E-state index is -0.560. The van der Waals surface area contributed by atoms with Crippen molar-refractivity contribution in [2.75, 3.05) is 0 Å². The lowest BCUT2D eigenvalue weighted by molar-refractivity contribution is 0.0376. The summed E-state index contributed by atoms with van der Waals surface area (Å²) in [6, 6.07) is 1.69. The first kappa shape index (κ1) is 16.8. The molecule has 0 saturated carbocycles. The molecule has 0 amide bonds. The number of H-pyrrole nitrogens is 1. The maximum atomic E-state index is 12.2. The minimum absolute atomic E-state index is 0.000541. The molecule has 0 radical (unpaired) electrons. The molecule has 7 nitrogen and oxygen atoms in total. The fourth-order valence-electron chi connectivity index (χ4n) is 2.23. The molecule has 2 aromatic heterocycles. The second kappa shape index (κ2) is 6.68. The molecule has 0 atom stereocenters. The second-order valence-electron chi connectivity index (χ2n) is 5.58. The Labute approximate surface area is 133 Å². The van der Waals surface area contributed by atoms with Crippen LogP contribution in [0.2, 0.25) is 0 Å². The van der Waals surface area contributed by atoms with E-state index in [0.29, 0.717) is 28.3 Å². The van der Waals surface area contributed by atoms with Gasteiger partial charge in [0, 0.05) is 11.8 Å². The Morgan fingerprint density at radius 3 is 2.52 bits per heavy atom. The van der Waals surface area contributed by atoms with E-state index in [4.69, 9.17) is 14.0 Å². The van der Waals surface area contributed by atoms with Crippen LogP contribution in [0.5, 0.6) is 0 Å². The van der Waals surface area contributed by atoms with E-state index in [1.807, 2.05) is 0 Å². The molecular weight excluding hydrogens is 300 g/mol. The molecular formula is C16H20N2O5. The zero-order valence-electron chi connectivity index (χ0n) is 13.9. The Bertz CT molecular complexity index is 727. The molecule has 0 bridgehead atoms. The van der Waals surface area contributed by atoms with Gasteiger partial charge in [0.1, 0.15) is 23.8 Å². The molecule has 7 heteroatoms. The highest BCUT2D eigenvalue weighted by atomic mass is 16.5. The summed E-state index contributed by atoms with van der Waals surface area (Å²) in [6.45, 7) is 8.68. The van der Waals surface area contributed by atoms with E-state index in [1.165, 1.54) is 0 Å². The highest BCUT2D eigenvalue weighted by molar-refractivity contribution is 5.98. The van der Waals surface area contributed by atoms with Crippen molar-refractivity contribution in [1.82, 2.24) is 10.1 Å². The smallest absolute Gasteiger partial charge is 0.355 e. The monoisotopic (exact) mass is 320 g/mol. The summed E-state index contributed by atoms with van der Waals surface area (Å²) < 4.78 is 15.3. The zero-order valence-corrected chi connectivity index (χ0v) is 13.9. The first-order chi connectivity index (χ1) is 10.8. The van der Waals surface area contributed by atoms with Crippen LogP contribution in [-0.2, 0) is 16.1 Å². The van der Waals surface area contributed by atoms with Crippen LogP contribution in [0.3, 0.4) is 0 Å². The van der Waals surface area contributed by atoms with Crippen LogP contribution in [0.1, 0.15) is 57.4 Å². The lowest BCUT2D eigenvalue weighted by Crippen LogP contribution is -2.13. The molecule has 0 aromatic carbocycles. The predicted molar refractivity (Wildman–Crippen MR) is 81.2 cm³/mol. The van der Waals surface area contributed by atoms with Crippen LogP contribution < -0.4 is 0 Å². The van der Waals surface area contributed by atoms with Crippen LogP contribution >= 0.6 is 0 Å². The number of aryl methyl sites for hydroxylation is 2. The third-order valence-electron chi connectivity index (χ3n) is 3.22. The van der Waals surface area contributed by atoms with Crippen LogP contribution in [0.15, 0.2) is 10.6 Å². The maximum Gasteiger partial charge on any atom is 0.355 e. The van der Waals surface area contributed by atoms with Crippen molar-refractivity contribution in [3.8, 4) is 0 Å². The average Bonchev–Trinajstić information content (AvgIpc) is 2.99. The van der Waals surface area contributed by atoms with E-state index in [-0.39, 0.29) is 18.4 Å². The average molecular weight is 320 g/mol. The molecule has 124 valence electrons. The number of hydrogen-bond acceptors (Lipinski definition) is 6. The van der Waals surface area contributed by atoms with Crippen molar-refractivity contribution in [3.63, 3.8) is 0 Å². The molecule has 0 unspecified atom stereocenters. The van der Waals surface area contributed by atoms with Crippen LogP contribution in [0.4, 0.5) is 0 Å². The number of aromatic amines is 1. The van der Waals surface area contributed by atoms with E-state index in [9.17, 15) is 9.59 Å². The quantitative estimate of drug-likeness (QED) is 0.851. The summed E-state index contributed by atoms with van der Waals surface area (Å²) in [5.41, 5.74) is 2.20. The van der Waals surface area contributed by atoms with Crippen molar-refractivity contribution in [1.29, 1.82) is 0 Å². The summed E-state index contributed by atoms with van der Waals surface area (Å²) >= 11 is 0. The molecule has 23 heavy (non-hydrogen) atoms. The minimum Gasteiger partial charge on any atom is -0.459 e. The first-order valence-corrected chi connectivity index (χ1v) is 7.29. The van der Waals surface area contributed by atoms with Crippen molar-refractivity contribution < 1.29 is 23.6 Å². The number of hydrogen-bond donors (Lipinski definition) is 1. The fourth-order valence-corrected chi connectivity index (χ4v) is 2.23. The molecule has 0 spiro atoms. The lowest BCUT2D eigenvalue weighted by Gasteiger charge is -2.08. The van der Waals surface area contributed by atoms with Gasteiger partial charge >= 0.3 is 11.9 Å². The molecule has 1 N–H and O–H groups in total. The van der Waals surface area contributed by atoms with E-state index in [2.05, 4.69) is 10.1 Å². The largest absolute Gasteiger partial charge is 0.459 e. The number of rotatable bonds is 5. The number of aromatic nitrogens is 2. The van der Waals surface area contributed by atoms with Gasteiger partial charge in [0.05, 0.1) is 11.7 Å². The van der Waals surface area contributed by atoms with Gasteiger partial charge in [-0.3, -0.25) is 0 Å². The van der Waals surface area contributed by atoms with E-state index < -0.39 is 11.9 Å². The number of carbonyl (C=O) groups excluding carboxylic acids is 2. The van der Waals surface area contributed by atoms with Gasteiger partial charge in [-0.05, 0) is 40.2 Å². The SMILES string of the molecule is Cc1cc(COC(=O)c2[nH]c(C)c(C(=O)OC(C)C)c2C)no1. The van der Waals surface area contributed by atoms with Gasteiger partial charge in [0.25, 0.3) is 0 Å². The summed E-state index contributed by atoms with van der Waals surface area (Å²) in [5, 5.41) is 3.75. The Morgan fingerprint density at radius 2 is 1.96 bits per heavy atom. The van der Waals surface area contributed by atoms with Gasteiger partial charge < -0.3 is 19.0 Å². The van der Waals surface area contributed by atoms with Gasteiger partial charge in [-0.1, -0.05) is 5.16 Å². The van der Waals surface area contributed by atoms with Crippen molar-refractivity contribution in [3.05, 3.63) is 40.0 Å². The molecule has 2 aromatic rings. The van der Waals surface area contributed by atoms with Crippen molar-refractivity contribution in [2.24, 2.45) is 0 Å². The number of ether oxygens (including phenoxy) is 2.